The van der Waals surface area contributed by atoms with Crippen LogP contribution in [0.5, 0.6) is 0 Å². The van der Waals surface area contributed by atoms with Crippen molar-refractivity contribution in [3.63, 3.8) is 0 Å². The molecule has 9 nitrogen and oxygen atoms in total. The molecule has 2 heterocycles. The third kappa shape index (κ3) is 7.11. The van der Waals surface area contributed by atoms with Gasteiger partial charge >= 0.3 is 12.1 Å². The SMILES string of the molecule is CC(=O)Nc1nc(C)c(-c2cnc(Cl)c(N(C)S(=O)(=O)c3ccc(F)cc3)c2)s1.O=C(O)C(F)(F)F. The van der Waals surface area contributed by atoms with Gasteiger partial charge in [-0.3, -0.25) is 9.10 Å². The van der Waals surface area contributed by atoms with E-state index in [0.717, 1.165) is 16.4 Å². The second-order valence-corrected chi connectivity index (χ2v) is 10.2. The van der Waals surface area contributed by atoms with Gasteiger partial charge < -0.3 is 10.4 Å². The molecule has 0 aliphatic rings. The molecule has 0 spiro atoms. The van der Waals surface area contributed by atoms with Crippen molar-refractivity contribution in [2.45, 2.75) is 24.9 Å². The van der Waals surface area contributed by atoms with Crippen LogP contribution in [0.15, 0.2) is 41.4 Å². The zero-order valence-corrected chi connectivity index (χ0v) is 21.0. The summed E-state index contributed by atoms with van der Waals surface area (Å²) in [5, 5.41) is 10.2. The van der Waals surface area contributed by atoms with Crippen LogP contribution in [0.3, 0.4) is 0 Å². The Morgan fingerprint density at radius 2 is 1.75 bits per heavy atom. The molecule has 1 aromatic carbocycles. The summed E-state index contributed by atoms with van der Waals surface area (Å²) in [5.41, 5.74) is 1.40. The molecule has 0 atom stereocenters. The lowest BCUT2D eigenvalue weighted by molar-refractivity contribution is -0.192. The van der Waals surface area contributed by atoms with Gasteiger partial charge in [0.2, 0.25) is 5.91 Å². The van der Waals surface area contributed by atoms with E-state index < -0.39 is 28.0 Å². The number of carboxylic acid groups (broad SMARTS) is 1. The first kappa shape index (κ1) is 28.9. The molecule has 0 unspecified atom stereocenters. The molecule has 2 N–H and O–H groups in total. The summed E-state index contributed by atoms with van der Waals surface area (Å²) < 4.78 is 71.7. The van der Waals surface area contributed by atoms with Gasteiger partial charge in [0.25, 0.3) is 10.0 Å². The minimum Gasteiger partial charge on any atom is -0.475 e. The average molecular weight is 569 g/mol. The second-order valence-electron chi connectivity index (χ2n) is 6.88. The minimum atomic E-state index is -5.08. The van der Waals surface area contributed by atoms with Gasteiger partial charge in [-0.2, -0.15) is 13.2 Å². The molecule has 0 bridgehead atoms. The molecule has 1 amide bonds. The van der Waals surface area contributed by atoms with E-state index in [2.05, 4.69) is 15.3 Å². The quantitative estimate of drug-likeness (QED) is 0.336. The molecule has 0 saturated carbocycles. The number of carbonyl (C=O) groups excluding carboxylic acids is 1. The maximum absolute atomic E-state index is 13.2. The number of nitrogens with one attached hydrogen (secondary N) is 1. The average Bonchev–Trinajstić information content (AvgIpc) is 3.12. The van der Waals surface area contributed by atoms with Crippen LogP contribution in [0.4, 0.5) is 28.4 Å². The van der Waals surface area contributed by atoms with Crippen LogP contribution in [0, 0.1) is 12.7 Å². The maximum atomic E-state index is 13.2. The van der Waals surface area contributed by atoms with Gasteiger partial charge in [-0.1, -0.05) is 22.9 Å². The van der Waals surface area contributed by atoms with Crippen LogP contribution in [0.25, 0.3) is 10.4 Å². The number of halogens is 5. The van der Waals surface area contributed by atoms with E-state index >= 15 is 0 Å². The van der Waals surface area contributed by atoms with Crippen molar-refractivity contribution in [3.05, 3.63) is 53.2 Å². The largest absolute Gasteiger partial charge is 0.490 e. The Labute approximate surface area is 211 Å². The molecule has 0 aliphatic heterocycles. The summed E-state index contributed by atoms with van der Waals surface area (Å²) in [4.78, 5) is 29.2. The van der Waals surface area contributed by atoms with Crippen molar-refractivity contribution in [1.82, 2.24) is 9.97 Å². The monoisotopic (exact) mass is 568 g/mol. The third-order valence-corrected chi connectivity index (χ3v) is 7.41. The number of amides is 1. The van der Waals surface area contributed by atoms with Gasteiger partial charge in [0, 0.05) is 25.7 Å². The summed E-state index contributed by atoms with van der Waals surface area (Å²) in [6.07, 6.45) is -3.58. The predicted octanol–water partition coefficient (Wildman–Crippen LogP) is 4.72. The lowest BCUT2D eigenvalue weighted by atomic mass is 10.2. The molecule has 0 saturated heterocycles. The van der Waals surface area contributed by atoms with Crippen LogP contribution in [-0.2, 0) is 19.6 Å². The first-order chi connectivity index (χ1) is 16.5. The zero-order valence-electron chi connectivity index (χ0n) is 18.6. The number of carbonyl (C=O) groups is 2. The summed E-state index contributed by atoms with van der Waals surface area (Å²) in [5.74, 6) is -3.54. The number of nitrogens with zero attached hydrogens (tertiary/aromatic N) is 3. The third-order valence-electron chi connectivity index (χ3n) is 4.22. The van der Waals surface area contributed by atoms with Crippen LogP contribution in [-0.4, -0.2) is 48.6 Å². The number of aliphatic carboxylic acids is 1. The van der Waals surface area contributed by atoms with E-state index in [-0.39, 0.29) is 21.6 Å². The molecule has 194 valence electrons. The number of alkyl halides is 3. The van der Waals surface area contributed by atoms with Crippen LogP contribution >= 0.6 is 22.9 Å². The number of pyridine rings is 1. The number of thiazole rings is 1. The van der Waals surface area contributed by atoms with Crippen molar-refractivity contribution in [1.29, 1.82) is 0 Å². The number of aromatic nitrogens is 2. The summed E-state index contributed by atoms with van der Waals surface area (Å²) in [6, 6.07) is 6.08. The van der Waals surface area contributed by atoms with Crippen LogP contribution < -0.4 is 9.62 Å². The number of sulfonamides is 1. The van der Waals surface area contributed by atoms with Crippen LogP contribution in [0.1, 0.15) is 12.6 Å². The predicted molar refractivity (Wildman–Crippen MR) is 125 cm³/mol. The van der Waals surface area contributed by atoms with E-state index in [9.17, 15) is 30.8 Å². The summed E-state index contributed by atoms with van der Waals surface area (Å²) in [7, 11) is -2.64. The Kier molecular flexibility index (Phi) is 8.98. The highest BCUT2D eigenvalue weighted by Gasteiger charge is 2.38. The Hall–Kier alpha value is -3.30. The number of carboxylic acids is 1. The van der Waals surface area contributed by atoms with Gasteiger partial charge in [-0.05, 0) is 37.3 Å². The van der Waals surface area contributed by atoms with Crippen LogP contribution in [0.2, 0.25) is 5.15 Å². The molecule has 36 heavy (non-hydrogen) atoms. The normalized spacial score (nSPS) is 11.3. The number of rotatable bonds is 5. The highest BCUT2D eigenvalue weighted by molar-refractivity contribution is 7.92. The Morgan fingerprint density at radius 3 is 2.25 bits per heavy atom. The van der Waals surface area contributed by atoms with Crippen molar-refractivity contribution in [3.8, 4) is 10.4 Å². The topological polar surface area (TPSA) is 130 Å². The molecule has 0 aliphatic carbocycles. The second kappa shape index (κ2) is 11.2. The lowest BCUT2D eigenvalue weighted by Gasteiger charge is -2.20. The molecular formula is C20H17ClF4N4O5S2. The smallest absolute Gasteiger partial charge is 0.475 e. The van der Waals surface area contributed by atoms with Gasteiger partial charge in [0.15, 0.2) is 10.3 Å². The van der Waals surface area contributed by atoms with E-state index in [1.807, 2.05) is 0 Å². The molecule has 2 aromatic heterocycles. The molecule has 0 fully saturated rings. The van der Waals surface area contributed by atoms with E-state index in [0.29, 0.717) is 21.3 Å². The minimum absolute atomic E-state index is 0.00816. The van der Waals surface area contributed by atoms with E-state index in [1.54, 1.807) is 13.0 Å². The fourth-order valence-corrected chi connectivity index (χ4v) is 5.01. The van der Waals surface area contributed by atoms with E-state index in [1.165, 1.54) is 43.6 Å². The maximum Gasteiger partial charge on any atom is 0.490 e. The Balaban J connectivity index is 0.000000572. The lowest BCUT2D eigenvalue weighted by Crippen LogP contribution is -2.27. The standard InChI is InChI=1S/C18H16ClFN4O3S2.C2HF3O2/c1-10-16(28-18(22-10)23-11(2)25)12-8-15(17(19)21-9-12)24(3)29(26,27)14-6-4-13(20)5-7-14;3-2(4,5)1(6)7/h4-9H,1-3H3,(H,22,23,25);(H,6,7). The zero-order chi connectivity index (χ0) is 27.4. The van der Waals surface area contributed by atoms with Crippen molar-refractivity contribution < 1.29 is 40.7 Å². The first-order valence-corrected chi connectivity index (χ1v) is 12.1. The fraction of sp³-hybridized carbons (Fsp3) is 0.200. The van der Waals surface area contributed by atoms with Crippen molar-refractivity contribution >= 4 is 55.7 Å². The van der Waals surface area contributed by atoms with Gasteiger partial charge in [-0.25, -0.2) is 27.6 Å². The Bertz CT molecular complexity index is 1380. The molecular weight excluding hydrogens is 552 g/mol. The molecule has 0 radical (unpaired) electrons. The van der Waals surface area contributed by atoms with Crippen molar-refractivity contribution in [2.24, 2.45) is 0 Å². The molecule has 3 aromatic rings. The Morgan fingerprint density at radius 1 is 1.19 bits per heavy atom. The van der Waals surface area contributed by atoms with E-state index in [4.69, 9.17) is 21.5 Å². The van der Waals surface area contributed by atoms with Gasteiger partial charge in [0.05, 0.1) is 21.2 Å². The number of hydrogen-bond donors (Lipinski definition) is 2. The highest BCUT2D eigenvalue weighted by Crippen LogP contribution is 2.37. The molecule has 3 rings (SSSR count). The van der Waals surface area contributed by atoms with Gasteiger partial charge in [0.1, 0.15) is 5.82 Å². The van der Waals surface area contributed by atoms with Gasteiger partial charge in [-0.15, -0.1) is 0 Å². The highest BCUT2D eigenvalue weighted by atomic mass is 35.5. The number of aryl methyl sites for hydroxylation is 1. The number of benzene rings is 1. The summed E-state index contributed by atoms with van der Waals surface area (Å²) in [6.45, 7) is 3.15. The van der Waals surface area contributed by atoms with Crippen molar-refractivity contribution in [2.75, 3.05) is 16.7 Å². The first-order valence-electron chi connectivity index (χ1n) is 9.49. The fourth-order valence-electron chi connectivity index (χ4n) is 2.54. The molecule has 16 heteroatoms. The number of anilines is 2. The number of hydrogen-bond acceptors (Lipinski definition) is 7. The summed E-state index contributed by atoms with van der Waals surface area (Å²) >= 11 is 7.40.